The largest absolute Gasteiger partial charge is 0.299 e. The highest BCUT2D eigenvalue weighted by Gasteiger charge is 2.53. The molecule has 2 unspecified atom stereocenters. The summed E-state index contributed by atoms with van der Waals surface area (Å²) in [5.41, 5.74) is 0.315. The normalized spacial score (nSPS) is 34.7. The van der Waals surface area contributed by atoms with E-state index in [1.54, 1.807) is 0 Å². The van der Waals surface area contributed by atoms with Crippen LogP contribution in [0.3, 0.4) is 0 Å². The molecule has 0 saturated heterocycles. The summed E-state index contributed by atoms with van der Waals surface area (Å²) in [5.74, 6) is 2.65. The van der Waals surface area contributed by atoms with Crippen molar-refractivity contribution in [1.29, 1.82) is 0 Å². The third-order valence-corrected chi connectivity index (χ3v) is 4.15. The van der Waals surface area contributed by atoms with Gasteiger partial charge in [0.2, 0.25) is 0 Å². The highest BCUT2D eigenvalue weighted by Crippen LogP contribution is 2.56. The van der Waals surface area contributed by atoms with Crippen molar-refractivity contribution < 1.29 is 4.79 Å². The monoisotopic (exact) mass is 208 g/mol. The Hall–Kier alpha value is -0.330. The Kier molecular flexibility index (Phi) is 2.92. The second-order valence-electron chi connectivity index (χ2n) is 6.66. The molecule has 1 heteroatoms. The molecule has 1 nitrogen and oxygen atoms in total. The number of carbonyl (C=O) groups is 1. The molecule has 0 heterocycles. The number of fused-ring (bicyclic) bond motifs is 1. The molecule has 0 aromatic rings. The molecule has 0 radical (unpaired) electrons. The maximum atomic E-state index is 12.0. The Bertz CT molecular complexity index is 237. The van der Waals surface area contributed by atoms with Gasteiger partial charge in [0.25, 0.3) is 0 Å². The molecule has 86 valence electrons. The van der Waals surface area contributed by atoms with Gasteiger partial charge in [-0.2, -0.15) is 0 Å². The van der Waals surface area contributed by atoms with Gasteiger partial charge in [0.15, 0.2) is 0 Å². The van der Waals surface area contributed by atoms with E-state index in [0.29, 0.717) is 17.1 Å². The summed E-state index contributed by atoms with van der Waals surface area (Å²) < 4.78 is 0. The summed E-state index contributed by atoms with van der Waals surface area (Å²) in [6, 6.07) is 0. The summed E-state index contributed by atoms with van der Waals surface area (Å²) in [6.07, 6.45) is 7.27. The molecule has 2 rings (SSSR count). The molecule has 2 aliphatic rings. The number of Topliss-reactive ketones (excluding diaryl/α,β-unsaturated/α-hetero) is 1. The molecule has 2 aliphatic carbocycles. The maximum Gasteiger partial charge on any atom is 0.136 e. The first-order valence-electron chi connectivity index (χ1n) is 6.52. The minimum absolute atomic E-state index is 0.315. The van der Waals surface area contributed by atoms with Crippen LogP contribution in [0.5, 0.6) is 0 Å². The van der Waals surface area contributed by atoms with E-state index in [1.165, 1.54) is 25.7 Å². The lowest BCUT2D eigenvalue weighted by Gasteiger charge is -2.16. The van der Waals surface area contributed by atoms with Crippen molar-refractivity contribution >= 4 is 5.78 Å². The summed E-state index contributed by atoms with van der Waals surface area (Å²) in [6.45, 7) is 6.67. The quantitative estimate of drug-likeness (QED) is 0.689. The number of hydrogen-bond donors (Lipinski definition) is 0. The first kappa shape index (κ1) is 11.2. The third kappa shape index (κ3) is 2.62. The van der Waals surface area contributed by atoms with Crippen LogP contribution in [0.25, 0.3) is 0 Å². The first-order chi connectivity index (χ1) is 6.99. The van der Waals surface area contributed by atoms with E-state index >= 15 is 0 Å². The van der Waals surface area contributed by atoms with Crippen LogP contribution in [0.4, 0.5) is 0 Å². The van der Waals surface area contributed by atoms with Crippen LogP contribution in [-0.4, -0.2) is 5.78 Å². The van der Waals surface area contributed by atoms with Crippen LogP contribution in [0.15, 0.2) is 0 Å². The molecule has 0 N–H and O–H groups in total. The Morgan fingerprint density at radius 2 is 1.67 bits per heavy atom. The SMILES string of the molecule is CC(C)(C)CCC(=O)C1C2CCCCC21. The number of carbonyl (C=O) groups excluding carboxylic acids is 1. The molecule has 0 aromatic carbocycles. The van der Waals surface area contributed by atoms with Crippen LogP contribution in [0.2, 0.25) is 0 Å². The van der Waals surface area contributed by atoms with Gasteiger partial charge in [-0.15, -0.1) is 0 Å². The van der Waals surface area contributed by atoms with Crippen LogP contribution in [0, 0.1) is 23.2 Å². The lowest BCUT2D eigenvalue weighted by atomic mass is 9.88. The lowest BCUT2D eigenvalue weighted by molar-refractivity contribution is -0.121. The molecule has 0 bridgehead atoms. The van der Waals surface area contributed by atoms with Crippen molar-refractivity contribution in [1.82, 2.24) is 0 Å². The van der Waals surface area contributed by atoms with E-state index in [4.69, 9.17) is 0 Å². The fourth-order valence-electron chi connectivity index (χ4n) is 3.13. The highest BCUT2D eigenvalue weighted by molar-refractivity contribution is 5.84. The van der Waals surface area contributed by atoms with E-state index in [2.05, 4.69) is 20.8 Å². The molecule has 0 aliphatic heterocycles. The van der Waals surface area contributed by atoms with E-state index in [9.17, 15) is 4.79 Å². The number of ketones is 1. The van der Waals surface area contributed by atoms with Crippen molar-refractivity contribution in [2.24, 2.45) is 23.2 Å². The van der Waals surface area contributed by atoms with Crippen LogP contribution >= 0.6 is 0 Å². The average Bonchev–Trinajstić information content (AvgIpc) is 2.87. The molecule has 0 spiro atoms. The van der Waals surface area contributed by atoms with Crippen LogP contribution in [-0.2, 0) is 4.79 Å². The second-order valence-corrected chi connectivity index (χ2v) is 6.66. The van der Waals surface area contributed by atoms with Crippen molar-refractivity contribution in [2.75, 3.05) is 0 Å². The molecule has 2 saturated carbocycles. The van der Waals surface area contributed by atoms with E-state index in [1.807, 2.05) is 0 Å². The zero-order chi connectivity index (χ0) is 11.1. The van der Waals surface area contributed by atoms with Gasteiger partial charge >= 0.3 is 0 Å². The third-order valence-electron chi connectivity index (χ3n) is 4.15. The summed E-state index contributed by atoms with van der Waals surface area (Å²) in [4.78, 5) is 12.0. The van der Waals surface area contributed by atoms with E-state index in [-0.39, 0.29) is 0 Å². The molecular formula is C14H24O. The molecule has 2 fully saturated rings. The average molecular weight is 208 g/mol. The minimum atomic E-state index is 0.315. The maximum absolute atomic E-state index is 12.0. The number of rotatable bonds is 3. The summed E-state index contributed by atoms with van der Waals surface area (Å²) in [5, 5.41) is 0. The Balaban J connectivity index is 1.78. The fraction of sp³-hybridized carbons (Fsp3) is 0.929. The van der Waals surface area contributed by atoms with Gasteiger partial charge in [0.05, 0.1) is 0 Å². The lowest BCUT2D eigenvalue weighted by Crippen LogP contribution is -2.11. The van der Waals surface area contributed by atoms with Crippen molar-refractivity contribution in [3.63, 3.8) is 0 Å². The van der Waals surface area contributed by atoms with Gasteiger partial charge in [0.1, 0.15) is 5.78 Å². The van der Waals surface area contributed by atoms with Crippen LogP contribution < -0.4 is 0 Å². The van der Waals surface area contributed by atoms with Gasteiger partial charge in [-0.05, 0) is 36.5 Å². The minimum Gasteiger partial charge on any atom is -0.299 e. The Labute approximate surface area is 93.6 Å². The number of hydrogen-bond acceptors (Lipinski definition) is 1. The van der Waals surface area contributed by atoms with Crippen molar-refractivity contribution in [3.8, 4) is 0 Å². The van der Waals surface area contributed by atoms with Crippen molar-refractivity contribution in [3.05, 3.63) is 0 Å². The van der Waals surface area contributed by atoms with Gasteiger partial charge in [-0.25, -0.2) is 0 Å². The van der Waals surface area contributed by atoms with Crippen molar-refractivity contribution in [2.45, 2.75) is 59.3 Å². The predicted octanol–water partition coefficient (Wildman–Crippen LogP) is 3.82. The van der Waals surface area contributed by atoms with Gasteiger partial charge in [0, 0.05) is 12.3 Å². The van der Waals surface area contributed by atoms with Gasteiger partial charge in [-0.1, -0.05) is 33.6 Å². The summed E-state index contributed by atoms with van der Waals surface area (Å²) >= 11 is 0. The van der Waals surface area contributed by atoms with Gasteiger partial charge < -0.3 is 0 Å². The van der Waals surface area contributed by atoms with E-state index in [0.717, 1.165) is 24.7 Å². The zero-order valence-corrected chi connectivity index (χ0v) is 10.4. The summed E-state index contributed by atoms with van der Waals surface area (Å²) in [7, 11) is 0. The van der Waals surface area contributed by atoms with Crippen LogP contribution in [0.1, 0.15) is 59.3 Å². The standard InChI is InChI=1S/C14H24O/c1-14(2,3)9-8-12(15)13-10-6-4-5-7-11(10)13/h10-11,13H,4-9H2,1-3H3. The zero-order valence-electron chi connectivity index (χ0n) is 10.4. The van der Waals surface area contributed by atoms with E-state index < -0.39 is 0 Å². The first-order valence-corrected chi connectivity index (χ1v) is 6.52. The molecule has 0 amide bonds. The molecule has 0 aromatic heterocycles. The highest BCUT2D eigenvalue weighted by atomic mass is 16.1. The smallest absolute Gasteiger partial charge is 0.136 e. The van der Waals surface area contributed by atoms with Gasteiger partial charge in [-0.3, -0.25) is 4.79 Å². The topological polar surface area (TPSA) is 17.1 Å². The second kappa shape index (κ2) is 3.92. The molecular weight excluding hydrogens is 184 g/mol. The molecule has 2 atom stereocenters. The predicted molar refractivity (Wildman–Crippen MR) is 62.6 cm³/mol. The Morgan fingerprint density at radius 1 is 1.13 bits per heavy atom. The Morgan fingerprint density at radius 3 is 2.13 bits per heavy atom. The fourth-order valence-corrected chi connectivity index (χ4v) is 3.13. The molecule has 15 heavy (non-hydrogen) atoms.